The number of amides is 1. The topological polar surface area (TPSA) is 54.4 Å². The van der Waals surface area contributed by atoms with Gasteiger partial charge in [-0.15, -0.1) is 0 Å². The van der Waals surface area contributed by atoms with Crippen LogP contribution in [0.1, 0.15) is 18.1 Å². The molecule has 140 valence electrons. The van der Waals surface area contributed by atoms with Gasteiger partial charge in [0.05, 0.1) is 20.5 Å². The van der Waals surface area contributed by atoms with E-state index >= 15 is 0 Å². The van der Waals surface area contributed by atoms with Crippen molar-refractivity contribution in [3.8, 4) is 0 Å². The largest absolute Gasteiger partial charge is 0.300 e. The molecule has 3 aromatic rings. The van der Waals surface area contributed by atoms with Crippen LogP contribution in [0.25, 0.3) is 17.0 Å². The van der Waals surface area contributed by atoms with E-state index < -0.39 is 0 Å². The van der Waals surface area contributed by atoms with Crippen LogP contribution >= 0.6 is 35.0 Å². The predicted molar refractivity (Wildman–Crippen MR) is 118 cm³/mol. The Bertz CT molecular complexity index is 1140. The Hall–Kier alpha value is -2.34. The van der Waals surface area contributed by atoms with Crippen LogP contribution in [0.5, 0.6) is 0 Å². The Kier molecular flexibility index (Phi) is 5.40. The van der Waals surface area contributed by atoms with Crippen molar-refractivity contribution in [3.63, 3.8) is 0 Å². The highest BCUT2D eigenvalue weighted by molar-refractivity contribution is 8.18. The number of nitrogens with zero attached hydrogens (tertiary/aromatic N) is 2. The van der Waals surface area contributed by atoms with Gasteiger partial charge in [-0.25, -0.2) is 4.99 Å². The highest BCUT2D eigenvalue weighted by atomic mass is 35.5. The molecular formula is C21H15Cl2N3OS. The summed E-state index contributed by atoms with van der Waals surface area (Å²) in [6, 6.07) is 13.2. The number of hydrogen-bond donors (Lipinski definition) is 1. The van der Waals surface area contributed by atoms with Gasteiger partial charge < -0.3 is 5.32 Å². The molecule has 0 unspecified atom stereocenters. The highest BCUT2D eigenvalue weighted by Crippen LogP contribution is 2.35. The molecule has 7 heteroatoms. The zero-order valence-electron chi connectivity index (χ0n) is 14.9. The average molecular weight is 428 g/mol. The van der Waals surface area contributed by atoms with Crippen molar-refractivity contribution in [2.75, 3.05) is 0 Å². The maximum Gasteiger partial charge on any atom is 0.264 e. The molecule has 1 amide bonds. The second-order valence-corrected chi connectivity index (χ2v) is 8.00. The van der Waals surface area contributed by atoms with E-state index in [4.69, 9.17) is 23.2 Å². The molecule has 2 aromatic carbocycles. The van der Waals surface area contributed by atoms with Gasteiger partial charge in [0, 0.05) is 11.6 Å². The predicted octanol–water partition coefficient (Wildman–Crippen LogP) is 6.00. The summed E-state index contributed by atoms with van der Waals surface area (Å²) in [5, 5.41) is 5.17. The summed E-state index contributed by atoms with van der Waals surface area (Å²) in [6.07, 6.45) is 4.59. The van der Waals surface area contributed by atoms with Crippen molar-refractivity contribution < 1.29 is 4.79 Å². The monoisotopic (exact) mass is 427 g/mol. The number of halogens is 2. The Morgan fingerprint density at radius 2 is 1.96 bits per heavy atom. The molecule has 0 radical (unpaired) electrons. The van der Waals surface area contributed by atoms with E-state index in [9.17, 15) is 4.79 Å². The number of thioether (sulfide) groups is 1. The molecule has 2 heterocycles. The lowest BCUT2D eigenvalue weighted by atomic mass is 10.0. The SMILES string of the molecule is CCc1ccnc2ccc(C=C3SC(=Nc4c(Cl)cccc4Cl)NC3=O)cc12. The normalized spacial score (nSPS) is 16.9. The minimum atomic E-state index is -0.200. The van der Waals surface area contributed by atoms with Crippen LogP contribution in [-0.2, 0) is 11.2 Å². The fourth-order valence-corrected chi connectivity index (χ4v) is 4.26. The number of carbonyl (C=O) groups excluding carboxylic acids is 1. The van der Waals surface area contributed by atoms with Crippen molar-refractivity contribution in [1.29, 1.82) is 0 Å². The van der Waals surface area contributed by atoms with Gasteiger partial charge in [-0.2, -0.15) is 0 Å². The van der Waals surface area contributed by atoms with E-state index in [1.807, 2.05) is 30.5 Å². The van der Waals surface area contributed by atoms with Crippen LogP contribution < -0.4 is 5.32 Å². The first-order valence-corrected chi connectivity index (χ1v) is 10.2. The quantitative estimate of drug-likeness (QED) is 0.521. The van der Waals surface area contributed by atoms with Crippen molar-refractivity contribution in [1.82, 2.24) is 10.3 Å². The summed E-state index contributed by atoms with van der Waals surface area (Å²) in [6.45, 7) is 2.11. The van der Waals surface area contributed by atoms with Crippen LogP contribution in [0.2, 0.25) is 10.0 Å². The summed E-state index contributed by atoms with van der Waals surface area (Å²) >= 11 is 13.6. The van der Waals surface area contributed by atoms with Gasteiger partial charge in [-0.05, 0) is 65.7 Å². The van der Waals surface area contributed by atoms with E-state index in [0.29, 0.717) is 25.8 Å². The van der Waals surface area contributed by atoms with Gasteiger partial charge in [0.15, 0.2) is 5.17 Å². The number of aromatic nitrogens is 1. The molecule has 1 saturated heterocycles. The van der Waals surface area contributed by atoms with Crippen molar-refractivity contribution >= 4 is 68.7 Å². The van der Waals surface area contributed by atoms with Crippen LogP contribution in [0.15, 0.2) is 58.6 Å². The Morgan fingerprint density at radius 1 is 1.18 bits per heavy atom. The van der Waals surface area contributed by atoms with E-state index in [1.54, 1.807) is 18.2 Å². The number of hydrogen-bond acceptors (Lipinski definition) is 4. The lowest BCUT2D eigenvalue weighted by molar-refractivity contribution is -0.115. The highest BCUT2D eigenvalue weighted by Gasteiger charge is 2.24. The Morgan fingerprint density at radius 3 is 2.71 bits per heavy atom. The number of amidine groups is 1. The van der Waals surface area contributed by atoms with Gasteiger partial charge in [-0.1, -0.05) is 42.3 Å². The van der Waals surface area contributed by atoms with Crippen LogP contribution in [0, 0.1) is 0 Å². The first-order valence-electron chi connectivity index (χ1n) is 8.66. The molecule has 0 spiro atoms. The fraction of sp³-hybridized carbons (Fsp3) is 0.0952. The van der Waals surface area contributed by atoms with Crippen LogP contribution in [0.3, 0.4) is 0 Å². The fourth-order valence-electron chi connectivity index (χ4n) is 2.95. The van der Waals surface area contributed by atoms with E-state index in [2.05, 4.69) is 28.3 Å². The molecule has 0 saturated carbocycles. The third-order valence-corrected chi connectivity index (χ3v) is 5.86. The summed E-state index contributed by atoms with van der Waals surface area (Å²) in [4.78, 5) is 21.7. The first-order chi connectivity index (χ1) is 13.5. The smallest absolute Gasteiger partial charge is 0.264 e. The van der Waals surface area contributed by atoms with Gasteiger partial charge >= 0.3 is 0 Å². The summed E-state index contributed by atoms with van der Waals surface area (Å²) in [5.41, 5.74) is 3.55. The molecule has 0 atom stereocenters. The average Bonchev–Trinajstić information content (AvgIpc) is 3.03. The van der Waals surface area contributed by atoms with Crippen LogP contribution in [0.4, 0.5) is 5.69 Å². The third-order valence-electron chi connectivity index (χ3n) is 4.34. The minimum absolute atomic E-state index is 0.200. The second-order valence-electron chi connectivity index (χ2n) is 6.15. The van der Waals surface area contributed by atoms with Gasteiger partial charge in [-0.3, -0.25) is 9.78 Å². The van der Waals surface area contributed by atoms with Crippen LogP contribution in [-0.4, -0.2) is 16.1 Å². The second kappa shape index (κ2) is 7.95. The number of rotatable bonds is 3. The molecule has 1 fully saturated rings. The molecule has 1 aliphatic rings. The molecule has 1 aromatic heterocycles. The zero-order valence-corrected chi connectivity index (χ0v) is 17.2. The molecule has 0 aliphatic carbocycles. The van der Waals surface area contributed by atoms with E-state index in [0.717, 1.165) is 22.9 Å². The summed E-state index contributed by atoms with van der Waals surface area (Å²) in [5.74, 6) is -0.200. The minimum Gasteiger partial charge on any atom is -0.300 e. The number of nitrogens with one attached hydrogen (secondary N) is 1. The first kappa shape index (κ1) is 19.0. The number of fused-ring (bicyclic) bond motifs is 1. The lowest BCUT2D eigenvalue weighted by Crippen LogP contribution is -2.19. The van der Waals surface area contributed by atoms with Gasteiger partial charge in [0.1, 0.15) is 5.69 Å². The Labute approximate surface area is 176 Å². The number of aryl methyl sites for hydroxylation is 1. The number of carbonyl (C=O) groups is 1. The molecule has 4 rings (SSSR count). The van der Waals surface area contributed by atoms with Crippen molar-refractivity contribution in [3.05, 3.63) is 74.7 Å². The number of benzene rings is 2. The summed E-state index contributed by atoms with van der Waals surface area (Å²) in [7, 11) is 0. The molecule has 0 bridgehead atoms. The molecule has 4 nitrogen and oxygen atoms in total. The van der Waals surface area contributed by atoms with Crippen molar-refractivity contribution in [2.45, 2.75) is 13.3 Å². The zero-order chi connectivity index (χ0) is 19.7. The molecule has 1 aliphatic heterocycles. The number of aliphatic imine (C=N–C) groups is 1. The maximum absolute atomic E-state index is 12.4. The maximum atomic E-state index is 12.4. The number of pyridine rings is 1. The van der Waals surface area contributed by atoms with Gasteiger partial charge in [0.25, 0.3) is 5.91 Å². The van der Waals surface area contributed by atoms with Crippen molar-refractivity contribution in [2.24, 2.45) is 4.99 Å². The Balaban J connectivity index is 1.67. The van der Waals surface area contributed by atoms with E-state index in [1.165, 1.54) is 17.3 Å². The standard InChI is InChI=1S/C21H15Cl2N3OS/c1-2-13-8-9-24-17-7-6-12(10-14(13)17)11-18-20(27)26-21(28-18)25-19-15(22)4-3-5-16(19)23/h3-11H,2H2,1H3,(H,25,26,27). The third kappa shape index (κ3) is 3.78. The molecule has 28 heavy (non-hydrogen) atoms. The van der Waals surface area contributed by atoms with Gasteiger partial charge in [0.2, 0.25) is 0 Å². The lowest BCUT2D eigenvalue weighted by Gasteiger charge is -2.04. The van der Waals surface area contributed by atoms with E-state index in [-0.39, 0.29) is 5.91 Å². The summed E-state index contributed by atoms with van der Waals surface area (Å²) < 4.78 is 0. The number of para-hydroxylation sites is 1. The molecule has 1 N–H and O–H groups in total. The molecular weight excluding hydrogens is 413 g/mol.